The van der Waals surface area contributed by atoms with Crippen LogP contribution in [0.4, 0.5) is 5.88 Å². The first-order valence-electron chi connectivity index (χ1n) is 10.9. The molecule has 0 atom stereocenters. The van der Waals surface area contributed by atoms with E-state index in [0.29, 0.717) is 38.1 Å². The van der Waals surface area contributed by atoms with Crippen LogP contribution in [0.2, 0.25) is 0 Å². The van der Waals surface area contributed by atoms with E-state index in [2.05, 4.69) is 23.1 Å². The molecule has 2 aromatic carbocycles. The number of rotatable bonds is 4. The van der Waals surface area contributed by atoms with E-state index in [4.69, 9.17) is 18.6 Å². The molecule has 0 spiro atoms. The second kappa shape index (κ2) is 8.31. The molecule has 0 bridgehead atoms. The normalized spacial score (nSPS) is 17.9. The van der Waals surface area contributed by atoms with Gasteiger partial charge in [-0.15, -0.1) is 0 Å². The molecule has 0 amide bonds. The monoisotopic (exact) mass is 449 g/mol. The van der Waals surface area contributed by atoms with Crippen molar-refractivity contribution < 1.29 is 18.6 Å². The summed E-state index contributed by atoms with van der Waals surface area (Å²) in [6, 6.07) is 15.7. The lowest BCUT2D eigenvalue weighted by Crippen LogP contribution is -2.38. The predicted octanol–water partition coefficient (Wildman–Crippen LogP) is 3.98. The Morgan fingerprint density at radius 2 is 1.84 bits per heavy atom. The highest BCUT2D eigenvalue weighted by atomic mass is 32.2. The summed E-state index contributed by atoms with van der Waals surface area (Å²) in [7, 11) is 0. The summed E-state index contributed by atoms with van der Waals surface area (Å²) in [6.07, 6.45) is 0.974. The SMILES string of the molecule is O=c1cc(-c2cccc3c2Sc2ccc(OC4COC4)cc2C3)oc(N2CCOCC2)c1. The van der Waals surface area contributed by atoms with Gasteiger partial charge in [-0.25, -0.2) is 0 Å². The molecule has 0 unspecified atom stereocenters. The van der Waals surface area contributed by atoms with Crippen molar-refractivity contribution in [2.75, 3.05) is 44.4 Å². The summed E-state index contributed by atoms with van der Waals surface area (Å²) >= 11 is 1.72. The fraction of sp³-hybridized carbons (Fsp3) is 0.320. The van der Waals surface area contributed by atoms with E-state index in [1.807, 2.05) is 18.2 Å². The van der Waals surface area contributed by atoms with Crippen LogP contribution in [0.5, 0.6) is 5.75 Å². The highest BCUT2D eigenvalue weighted by molar-refractivity contribution is 7.99. The average molecular weight is 450 g/mol. The number of fused-ring (bicyclic) bond motifs is 2. The molecule has 0 N–H and O–H groups in total. The molecule has 3 aliphatic heterocycles. The van der Waals surface area contributed by atoms with Crippen molar-refractivity contribution in [1.82, 2.24) is 0 Å². The molecule has 6 rings (SSSR count). The van der Waals surface area contributed by atoms with Crippen molar-refractivity contribution in [3.63, 3.8) is 0 Å². The summed E-state index contributed by atoms with van der Waals surface area (Å²) < 4.78 is 22.9. The number of hydrogen-bond donors (Lipinski definition) is 0. The second-order valence-electron chi connectivity index (χ2n) is 8.21. The molecule has 32 heavy (non-hydrogen) atoms. The number of ether oxygens (including phenoxy) is 3. The van der Waals surface area contributed by atoms with Crippen LogP contribution in [-0.4, -0.2) is 45.6 Å². The van der Waals surface area contributed by atoms with Gasteiger partial charge in [0.15, 0.2) is 11.3 Å². The first-order valence-corrected chi connectivity index (χ1v) is 11.7. The van der Waals surface area contributed by atoms with Gasteiger partial charge in [-0.05, 0) is 35.7 Å². The third-order valence-corrected chi connectivity index (χ3v) is 7.28. The first kappa shape index (κ1) is 19.9. The van der Waals surface area contributed by atoms with Crippen LogP contribution in [-0.2, 0) is 15.9 Å². The summed E-state index contributed by atoms with van der Waals surface area (Å²) in [5.74, 6) is 2.11. The molecule has 3 aromatic rings. The molecular weight excluding hydrogens is 426 g/mol. The van der Waals surface area contributed by atoms with Crippen LogP contribution in [0.1, 0.15) is 11.1 Å². The Bertz CT molecular complexity index is 1210. The smallest absolute Gasteiger partial charge is 0.200 e. The average Bonchev–Trinajstić information content (AvgIpc) is 2.80. The highest BCUT2D eigenvalue weighted by Crippen LogP contribution is 2.45. The number of nitrogens with zero attached hydrogens (tertiary/aromatic N) is 1. The Kier molecular flexibility index (Phi) is 5.17. The van der Waals surface area contributed by atoms with Crippen LogP contribution in [0, 0.1) is 0 Å². The van der Waals surface area contributed by atoms with Gasteiger partial charge in [0.1, 0.15) is 17.6 Å². The lowest BCUT2D eigenvalue weighted by atomic mass is 10.0. The van der Waals surface area contributed by atoms with E-state index in [-0.39, 0.29) is 11.5 Å². The molecule has 2 saturated heterocycles. The Labute approximate surface area is 190 Å². The van der Waals surface area contributed by atoms with Crippen LogP contribution < -0.4 is 15.1 Å². The van der Waals surface area contributed by atoms with Gasteiger partial charge >= 0.3 is 0 Å². The minimum atomic E-state index is -0.0479. The van der Waals surface area contributed by atoms with Crippen LogP contribution in [0.25, 0.3) is 11.3 Å². The van der Waals surface area contributed by atoms with Gasteiger partial charge < -0.3 is 23.5 Å². The molecule has 1 aromatic heterocycles. The van der Waals surface area contributed by atoms with E-state index in [9.17, 15) is 4.79 Å². The van der Waals surface area contributed by atoms with Gasteiger partial charge in [0, 0.05) is 40.6 Å². The maximum absolute atomic E-state index is 12.5. The molecular formula is C25H23NO5S. The second-order valence-corrected chi connectivity index (χ2v) is 9.27. The van der Waals surface area contributed by atoms with E-state index < -0.39 is 0 Å². The summed E-state index contributed by atoms with van der Waals surface area (Å²) in [4.78, 5) is 16.9. The van der Waals surface area contributed by atoms with Crippen molar-refractivity contribution >= 4 is 17.6 Å². The van der Waals surface area contributed by atoms with Crippen molar-refractivity contribution in [2.24, 2.45) is 0 Å². The topological polar surface area (TPSA) is 61.1 Å². The summed E-state index contributed by atoms with van der Waals surface area (Å²) in [5, 5.41) is 0. The largest absolute Gasteiger partial charge is 0.486 e. The van der Waals surface area contributed by atoms with E-state index in [0.717, 1.165) is 35.7 Å². The van der Waals surface area contributed by atoms with Gasteiger partial charge in [-0.2, -0.15) is 0 Å². The number of anilines is 1. The zero-order valence-electron chi connectivity index (χ0n) is 17.5. The lowest BCUT2D eigenvalue weighted by Gasteiger charge is -2.28. The van der Waals surface area contributed by atoms with Crippen molar-refractivity contribution in [3.8, 4) is 17.1 Å². The van der Waals surface area contributed by atoms with Crippen molar-refractivity contribution in [1.29, 1.82) is 0 Å². The van der Waals surface area contributed by atoms with Crippen LogP contribution in [0.15, 0.2) is 67.5 Å². The third kappa shape index (κ3) is 3.81. The minimum Gasteiger partial charge on any atom is -0.486 e. The Morgan fingerprint density at radius 1 is 0.969 bits per heavy atom. The maximum Gasteiger partial charge on any atom is 0.200 e. The van der Waals surface area contributed by atoms with Gasteiger partial charge in [0.2, 0.25) is 0 Å². The van der Waals surface area contributed by atoms with Gasteiger partial charge in [-0.3, -0.25) is 4.79 Å². The zero-order chi connectivity index (χ0) is 21.5. The van der Waals surface area contributed by atoms with E-state index in [1.54, 1.807) is 23.9 Å². The Morgan fingerprint density at radius 3 is 2.66 bits per heavy atom. The molecule has 0 saturated carbocycles. The maximum atomic E-state index is 12.5. The molecule has 0 aliphatic carbocycles. The lowest BCUT2D eigenvalue weighted by molar-refractivity contribution is -0.0797. The van der Waals surface area contributed by atoms with Crippen LogP contribution >= 0.6 is 11.8 Å². The summed E-state index contributed by atoms with van der Waals surface area (Å²) in [5.41, 5.74) is 3.38. The molecule has 164 valence electrons. The zero-order valence-corrected chi connectivity index (χ0v) is 18.4. The molecule has 3 aliphatic rings. The predicted molar refractivity (Wildman–Crippen MR) is 122 cm³/mol. The van der Waals surface area contributed by atoms with Gasteiger partial charge in [-0.1, -0.05) is 30.0 Å². The van der Waals surface area contributed by atoms with Gasteiger partial charge in [0.05, 0.1) is 26.4 Å². The Hall–Kier alpha value is -2.74. The number of morpholine rings is 1. The van der Waals surface area contributed by atoms with Crippen molar-refractivity contribution in [3.05, 3.63) is 69.9 Å². The first-order chi connectivity index (χ1) is 15.7. The van der Waals surface area contributed by atoms with E-state index >= 15 is 0 Å². The van der Waals surface area contributed by atoms with Crippen LogP contribution in [0.3, 0.4) is 0 Å². The number of benzene rings is 2. The minimum absolute atomic E-state index is 0.0479. The van der Waals surface area contributed by atoms with E-state index in [1.165, 1.54) is 16.0 Å². The molecule has 6 nitrogen and oxygen atoms in total. The third-order valence-electron chi connectivity index (χ3n) is 5.97. The fourth-order valence-electron chi connectivity index (χ4n) is 4.23. The standard InChI is InChI=1S/C25H23NO5S/c27-18-12-22(31-24(13-18)26-6-8-28-9-7-26)21-3-1-2-16-10-17-11-19(30-20-14-29-15-20)4-5-23(17)32-25(16)21/h1-5,11-13,20H,6-10,14-15H2. The number of hydrogen-bond acceptors (Lipinski definition) is 7. The quantitative estimate of drug-likeness (QED) is 0.467. The highest BCUT2D eigenvalue weighted by Gasteiger charge is 2.24. The van der Waals surface area contributed by atoms with Gasteiger partial charge in [0.25, 0.3) is 0 Å². The molecule has 7 heteroatoms. The van der Waals surface area contributed by atoms with Crippen molar-refractivity contribution in [2.45, 2.75) is 22.3 Å². The summed E-state index contributed by atoms with van der Waals surface area (Å²) in [6.45, 7) is 4.04. The fourth-order valence-corrected chi connectivity index (χ4v) is 5.40. The molecule has 2 fully saturated rings. The molecule has 4 heterocycles. The Balaban J connectivity index is 1.33. The molecule has 0 radical (unpaired) electrons.